The predicted molar refractivity (Wildman–Crippen MR) is 92.9 cm³/mol. The van der Waals surface area contributed by atoms with Crippen molar-refractivity contribution in [3.05, 3.63) is 29.8 Å². The summed E-state index contributed by atoms with van der Waals surface area (Å²) in [6, 6.07) is 6.67. The van der Waals surface area contributed by atoms with E-state index in [0.717, 1.165) is 6.26 Å². The molecule has 0 radical (unpaired) electrons. The molecule has 1 saturated heterocycles. The van der Waals surface area contributed by atoms with Gasteiger partial charge in [-0.25, -0.2) is 8.42 Å². The highest BCUT2D eigenvalue weighted by molar-refractivity contribution is 7.88. The molecule has 1 fully saturated rings. The van der Waals surface area contributed by atoms with Crippen molar-refractivity contribution < 1.29 is 22.7 Å². The molecule has 25 heavy (non-hydrogen) atoms. The maximum absolute atomic E-state index is 12.2. The molecule has 9 heteroatoms. The summed E-state index contributed by atoms with van der Waals surface area (Å²) in [6.07, 6.45) is 1.15. The zero-order valence-corrected chi connectivity index (χ0v) is 15.2. The van der Waals surface area contributed by atoms with E-state index in [9.17, 15) is 18.0 Å². The summed E-state index contributed by atoms with van der Waals surface area (Å²) >= 11 is 0. The molecule has 0 unspecified atom stereocenters. The van der Waals surface area contributed by atoms with Gasteiger partial charge in [0.05, 0.1) is 19.4 Å². The van der Waals surface area contributed by atoms with Crippen molar-refractivity contribution in [1.29, 1.82) is 0 Å². The van der Waals surface area contributed by atoms with Gasteiger partial charge in [-0.1, -0.05) is 0 Å². The number of piperazine rings is 1. The Morgan fingerprint density at radius 2 is 1.72 bits per heavy atom. The molecule has 1 N–H and O–H groups in total. The van der Waals surface area contributed by atoms with E-state index >= 15 is 0 Å². The molecule has 1 aliphatic rings. The molecule has 138 valence electrons. The molecule has 8 nitrogen and oxygen atoms in total. The monoisotopic (exact) mass is 369 g/mol. The molecule has 0 aromatic heterocycles. The van der Waals surface area contributed by atoms with Crippen molar-refractivity contribution in [2.45, 2.75) is 6.92 Å². The van der Waals surface area contributed by atoms with Gasteiger partial charge >= 0.3 is 0 Å². The Hall–Kier alpha value is -2.13. The number of benzene rings is 1. The minimum atomic E-state index is -3.23. The van der Waals surface area contributed by atoms with Gasteiger partial charge in [-0.05, 0) is 31.2 Å². The summed E-state index contributed by atoms with van der Waals surface area (Å²) in [5, 5.41) is 2.59. The Labute approximate surface area is 147 Å². The summed E-state index contributed by atoms with van der Waals surface area (Å²) in [5.41, 5.74) is 0.443. The molecule has 1 aromatic rings. The summed E-state index contributed by atoms with van der Waals surface area (Å²) in [5.74, 6) is 0.109. The van der Waals surface area contributed by atoms with Crippen LogP contribution in [0.25, 0.3) is 0 Å². The molecule has 2 rings (SSSR count). The minimum absolute atomic E-state index is 0.120. The van der Waals surface area contributed by atoms with Gasteiger partial charge in [0.15, 0.2) is 0 Å². The highest BCUT2D eigenvalue weighted by atomic mass is 32.2. The van der Waals surface area contributed by atoms with Crippen LogP contribution in [0.1, 0.15) is 17.3 Å². The molecule has 2 amide bonds. The first-order valence-corrected chi connectivity index (χ1v) is 9.90. The summed E-state index contributed by atoms with van der Waals surface area (Å²) in [7, 11) is -3.23. The third-order valence-corrected chi connectivity index (χ3v) is 5.19. The second-order valence-corrected chi connectivity index (χ2v) is 7.67. The molecule has 1 aliphatic heterocycles. The standard InChI is InChI=1S/C16H23N3O5S/c1-3-24-14-6-4-13(5-7-14)16(21)17-12-15(20)18-8-10-19(11-9-18)25(2,22)23/h4-7H,3,8-12H2,1-2H3,(H,17,21). The van der Waals surface area contributed by atoms with E-state index in [1.54, 1.807) is 29.2 Å². The highest BCUT2D eigenvalue weighted by Gasteiger charge is 2.26. The lowest BCUT2D eigenvalue weighted by atomic mass is 10.2. The lowest BCUT2D eigenvalue weighted by Gasteiger charge is -2.33. The molecule has 0 atom stereocenters. The normalized spacial score (nSPS) is 15.7. The topological polar surface area (TPSA) is 96.0 Å². The Kier molecular flexibility index (Phi) is 6.38. The van der Waals surface area contributed by atoms with E-state index < -0.39 is 10.0 Å². The number of carbonyl (C=O) groups excluding carboxylic acids is 2. The lowest BCUT2D eigenvalue weighted by Crippen LogP contribution is -2.52. The fourth-order valence-electron chi connectivity index (χ4n) is 2.51. The largest absolute Gasteiger partial charge is 0.494 e. The first-order valence-electron chi connectivity index (χ1n) is 8.05. The van der Waals surface area contributed by atoms with Crippen molar-refractivity contribution in [2.75, 3.05) is 45.6 Å². The van der Waals surface area contributed by atoms with Gasteiger partial charge in [0.1, 0.15) is 5.75 Å². The quantitative estimate of drug-likeness (QED) is 0.757. The van der Waals surface area contributed by atoms with Crippen LogP contribution in [-0.4, -0.2) is 75.0 Å². The van der Waals surface area contributed by atoms with Crippen molar-refractivity contribution in [1.82, 2.24) is 14.5 Å². The summed E-state index contributed by atoms with van der Waals surface area (Å²) in [6.45, 7) is 3.50. The Balaban J connectivity index is 1.81. The third kappa shape index (κ3) is 5.43. The van der Waals surface area contributed by atoms with Gasteiger partial charge in [0, 0.05) is 31.7 Å². The predicted octanol–water partition coefficient (Wildman–Crippen LogP) is -0.0811. The van der Waals surface area contributed by atoms with E-state index in [1.807, 2.05) is 6.92 Å². The molecule has 1 aromatic carbocycles. The van der Waals surface area contributed by atoms with Crippen LogP contribution in [-0.2, 0) is 14.8 Å². The van der Waals surface area contributed by atoms with Gasteiger partial charge in [-0.3, -0.25) is 9.59 Å². The fourth-order valence-corrected chi connectivity index (χ4v) is 3.33. The van der Waals surface area contributed by atoms with E-state index in [0.29, 0.717) is 31.0 Å². The van der Waals surface area contributed by atoms with E-state index in [-0.39, 0.29) is 31.4 Å². The van der Waals surface area contributed by atoms with Crippen LogP contribution in [0.4, 0.5) is 0 Å². The second-order valence-electron chi connectivity index (χ2n) is 5.68. The van der Waals surface area contributed by atoms with Crippen LogP contribution in [0.15, 0.2) is 24.3 Å². The molecule has 0 aliphatic carbocycles. The Morgan fingerprint density at radius 1 is 1.12 bits per heavy atom. The van der Waals surface area contributed by atoms with Crippen LogP contribution in [0.5, 0.6) is 5.75 Å². The molecular formula is C16H23N3O5S. The molecule has 1 heterocycles. The van der Waals surface area contributed by atoms with Gasteiger partial charge in [-0.15, -0.1) is 0 Å². The van der Waals surface area contributed by atoms with E-state index in [1.165, 1.54) is 4.31 Å². The number of hydrogen-bond acceptors (Lipinski definition) is 5. The van der Waals surface area contributed by atoms with E-state index in [4.69, 9.17) is 4.74 Å². The van der Waals surface area contributed by atoms with Crippen molar-refractivity contribution in [3.8, 4) is 5.75 Å². The summed E-state index contributed by atoms with van der Waals surface area (Å²) < 4.78 is 29.6. The van der Waals surface area contributed by atoms with Crippen molar-refractivity contribution >= 4 is 21.8 Å². The average molecular weight is 369 g/mol. The number of hydrogen-bond donors (Lipinski definition) is 1. The average Bonchev–Trinajstić information content (AvgIpc) is 2.59. The number of carbonyl (C=O) groups is 2. The fraction of sp³-hybridized carbons (Fsp3) is 0.500. The molecule has 0 bridgehead atoms. The number of ether oxygens (including phenoxy) is 1. The zero-order chi connectivity index (χ0) is 18.4. The lowest BCUT2D eigenvalue weighted by molar-refractivity contribution is -0.131. The van der Waals surface area contributed by atoms with Gasteiger partial charge < -0.3 is 15.0 Å². The first-order chi connectivity index (χ1) is 11.8. The van der Waals surface area contributed by atoms with Crippen molar-refractivity contribution in [3.63, 3.8) is 0 Å². The molecule has 0 saturated carbocycles. The van der Waals surface area contributed by atoms with Gasteiger partial charge in [0.25, 0.3) is 5.91 Å². The number of amides is 2. The van der Waals surface area contributed by atoms with Crippen LogP contribution >= 0.6 is 0 Å². The molecule has 0 spiro atoms. The third-order valence-electron chi connectivity index (χ3n) is 3.89. The smallest absolute Gasteiger partial charge is 0.251 e. The van der Waals surface area contributed by atoms with Gasteiger partial charge in [-0.2, -0.15) is 4.31 Å². The number of nitrogens with zero attached hydrogens (tertiary/aromatic N) is 2. The second kappa shape index (κ2) is 8.30. The number of sulfonamides is 1. The van der Waals surface area contributed by atoms with Gasteiger partial charge in [0.2, 0.25) is 15.9 Å². The van der Waals surface area contributed by atoms with E-state index in [2.05, 4.69) is 5.32 Å². The Bertz CT molecular complexity index is 710. The Morgan fingerprint density at radius 3 is 2.24 bits per heavy atom. The number of nitrogens with one attached hydrogen (secondary N) is 1. The number of rotatable bonds is 6. The minimum Gasteiger partial charge on any atom is -0.494 e. The van der Waals surface area contributed by atoms with Crippen LogP contribution in [0, 0.1) is 0 Å². The van der Waals surface area contributed by atoms with Crippen LogP contribution < -0.4 is 10.1 Å². The SMILES string of the molecule is CCOc1ccc(C(=O)NCC(=O)N2CCN(S(C)(=O)=O)CC2)cc1. The summed E-state index contributed by atoms with van der Waals surface area (Å²) in [4.78, 5) is 25.8. The van der Waals surface area contributed by atoms with Crippen LogP contribution in [0.2, 0.25) is 0 Å². The van der Waals surface area contributed by atoms with Crippen molar-refractivity contribution in [2.24, 2.45) is 0 Å². The maximum atomic E-state index is 12.2. The highest BCUT2D eigenvalue weighted by Crippen LogP contribution is 2.12. The maximum Gasteiger partial charge on any atom is 0.251 e. The molecular weight excluding hydrogens is 346 g/mol. The first kappa shape index (κ1) is 19.2. The zero-order valence-electron chi connectivity index (χ0n) is 14.4. The van der Waals surface area contributed by atoms with Crippen LogP contribution in [0.3, 0.4) is 0 Å².